The minimum atomic E-state index is -0.527. The first-order chi connectivity index (χ1) is 10.7. The molecule has 2 nitrogen and oxygen atoms in total. The fourth-order valence-electron chi connectivity index (χ4n) is 2.93. The van der Waals surface area contributed by atoms with E-state index in [-0.39, 0.29) is 11.9 Å². The lowest BCUT2D eigenvalue weighted by atomic mass is 9.93. The predicted molar refractivity (Wildman–Crippen MR) is 91.4 cm³/mol. The van der Waals surface area contributed by atoms with Gasteiger partial charge in [-0.05, 0) is 35.6 Å². The van der Waals surface area contributed by atoms with Crippen LogP contribution in [0.25, 0.3) is 6.08 Å². The first-order valence-corrected chi connectivity index (χ1v) is 8.04. The Morgan fingerprint density at radius 3 is 2.50 bits per heavy atom. The highest BCUT2D eigenvalue weighted by Gasteiger charge is 2.60. The van der Waals surface area contributed by atoms with Crippen LogP contribution < -0.4 is 0 Å². The summed E-state index contributed by atoms with van der Waals surface area (Å²) in [4.78, 5) is 12.3. The summed E-state index contributed by atoms with van der Waals surface area (Å²) in [6.45, 7) is 0. The Labute approximate surface area is 138 Å². The van der Waals surface area contributed by atoms with Crippen molar-refractivity contribution in [3.8, 4) is 0 Å². The first-order valence-electron chi connectivity index (χ1n) is 7.24. The van der Waals surface area contributed by atoms with Crippen LogP contribution in [0, 0.1) is 5.92 Å². The van der Waals surface area contributed by atoms with Crippen LogP contribution in [0.15, 0.2) is 65.1 Å². The molecule has 1 aliphatic rings. The van der Waals surface area contributed by atoms with Crippen LogP contribution in [0.5, 0.6) is 0 Å². The molecule has 0 saturated heterocycles. The monoisotopic (exact) mass is 356 g/mol. The molecule has 3 rings (SSSR count). The Morgan fingerprint density at radius 2 is 1.86 bits per heavy atom. The molecule has 0 amide bonds. The van der Waals surface area contributed by atoms with E-state index in [1.807, 2.05) is 42.5 Å². The molecule has 0 heterocycles. The van der Waals surface area contributed by atoms with Gasteiger partial charge in [0.2, 0.25) is 0 Å². The van der Waals surface area contributed by atoms with Crippen LogP contribution >= 0.6 is 15.9 Å². The van der Waals surface area contributed by atoms with Gasteiger partial charge in [-0.1, -0.05) is 70.5 Å². The zero-order valence-corrected chi connectivity index (χ0v) is 13.9. The lowest BCUT2D eigenvalue weighted by Crippen LogP contribution is -2.24. The van der Waals surface area contributed by atoms with Crippen LogP contribution in [0.1, 0.15) is 17.5 Å². The third-order valence-corrected chi connectivity index (χ3v) is 4.77. The van der Waals surface area contributed by atoms with Crippen molar-refractivity contribution in [2.75, 3.05) is 7.11 Å². The molecule has 2 aromatic carbocycles. The van der Waals surface area contributed by atoms with E-state index in [1.54, 1.807) is 0 Å². The molecule has 2 atom stereocenters. The summed E-state index contributed by atoms with van der Waals surface area (Å²) < 4.78 is 6.07. The van der Waals surface area contributed by atoms with Gasteiger partial charge in [-0.25, -0.2) is 0 Å². The molecule has 2 unspecified atom stereocenters. The Hall–Kier alpha value is -1.87. The number of rotatable bonds is 4. The number of methoxy groups -OCH3 is 1. The highest BCUT2D eigenvalue weighted by Crippen LogP contribution is 2.56. The van der Waals surface area contributed by atoms with Crippen LogP contribution in [-0.2, 0) is 14.9 Å². The lowest BCUT2D eigenvalue weighted by Gasteiger charge is -2.14. The van der Waals surface area contributed by atoms with Gasteiger partial charge in [0.25, 0.3) is 0 Å². The maximum atomic E-state index is 12.3. The van der Waals surface area contributed by atoms with Crippen LogP contribution in [0.2, 0.25) is 0 Å². The van der Waals surface area contributed by atoms with Gasteiger partial charge >= 0.3 is 5.97 Å². The molecule has 1 fully saturated rings. The predicted octanol–water partition coefficient (Wildman–Crippen LogP) is 4.59. The number of esters is 1. The van der Waals surface area contributed by atoms with Crippen molar-refractivity contribution in [2.45, 2.75) is 11.8 Å². The smallest absolute Gasteiger partial charge is 0.316 e. The van der Waals surface area contributed by atoms with E-state index in [2.05, 4.69) is 40.2 Å². The molecule has 0 aliphatic heterocycles. The zero-order valence-electron chi connectivity index (χ0n) is 12.3. The van der Waals surface area contributed by atoms with Crippen LogP contribution in [0.4, 0.5) is 0 Å². The molecule has 0 N–H and O–H groups in total. The molecule has 0 bridgehead atoms. The largest absolute Gasteiger partial charge is 0.468 e. The average molecular weight is 357 g/mol. The second kappa shape index (κ2) is 6.09. The molecule has 1 aliphatic carbocycles. The van der Waals surface area contributed by atoms with Gasteiger partial charge in [0.15, 0.2) is 0 Å². The van der Waals surface area contributed by atoms with Crippen molar-refractivity contribution < 1.29 is 9.53 Å². The van der Waals surface area contributed by atoms with Gasteiger partial charge in [0.1, 0.15) is 0 Å². The van der Waals surface area contributed by atoms with E-state index < -0.39 is 5.41 Å². The van der Waals surface area contributed by atoms with Gasteiger partial charge in [0, 0.05) is 4.47 Å². The van der Waals surface area contributed by atoms with Gasteiger partial charge in [0.05, 0.1) is 12.5 Å². The molecular formula is C19H17BrO2. The number of carbonyl (C=O) groups excluding carboxylic acids is 1. The second-order valence-electron chi connectivity index (χ2n) is 5.55. The van der Waals surface area contributed by atoms with Crippen molar-refractivity contribution >= 4 is 28.0 Å². The fraction of sp³-hybridized carbons (Fsp3) is 0.211. The normalized spacial score (nSPS) is 23.5. The number of hydrogen-bond acceptors (Lipinski definition) is 2. The fourth-order valence-corrected chi connectivity index (χ4v) is 3.19. The second-order valence-corrected chi connectivity index (χ2v) is 6.47. The minimum absolute atomic E-state index is 0.155. The Bertz CT molecular complexity index is 691. The Kier molecular flexibility index (Phi) is 4.16. The third-order valence-electron chi connectivity index (χ3n) is 4.24. The van der Waals surface area contributed by atoms with Gasteiger partial charge in [-0.3, -0.25) is 4.79 Å². The molecule has 112 valence electrons. The SMILES string of the molecule is COC(=O)C1(c2ccc(Br)cc2)CC1C=Cc1ccccc1. The molecule has 22 heavy (non-hydrogen) atoms. The molecule has 0 aromatic heterocycles. The summed E-state index contributed by atoms with van der Waals surface area (Å²) in [6.07, 6.45) is 4.99. The minimum Gasteiger partial charge on any atom is -0.468 e. The highest BCUT2D eigenvalue weighted by atomic mass is 79.9. The van der Waals surface area contributed by atoms with Gasteiger partial charge in [-0.15, -0.1) is 0 Å². The summed E-state index contributed by atoms with van der Waals surface area (Å²) in [5.41, 5.74) is 1.63. The molecule has 1 saturated carbocycles. The van der Waals surface area contributed by atoms with Gasteiger partial charge in [-0.2, -0.15) is 0 Å². The van der Waals surface area contributed by atoms with E-state index in [1.165, 1.54) is 7.11 Å². The summed E-state index contributed by atoms with van der Waals surface area (Å²) in [6, 6.07) is 18.1. The van der Waals surface area contributed by atoms with E-state index in [4.69, 9.17) is 4.74 Å². The number of benzene rings is 2. The van der Waals surface area contributed by atoms with Crippen LogP contribution in [-0.4, -0.2) is 13.1 Å². The maximum Gasteiger partial charge on any atom is 0.316 e. The standard InChI is InChI=1S/C19H17BrO2/c1-22-18(21)19(15-9-11-17(20)12-10-15)13-16(19)8-7-14-5-3-2-4-6-14/h2-12,16H,13H2,1H3. The average Bonchev–Trinajstić information content (AvgIpc) is 3.29. The third kappa shape index (κ3) is 2.73. The van der Waals surface area contributed by atoms with Crippen molar-refractivity contribution in [2.24, 2.45) is 5.92 Å². The Morgan fingerprint density at radius 1 is 1.18 bits per heavy atom. The molecule has 0 spiro atoms. The number of ether oxygens (including phenoxy) is 1. The summed E-state index contributed by atoms with van der Waals surface area (Å²) in [5.74, 6) is 0.0267. The number of carbonyl (C=O) groups is 1. The number of halogens is 1. The first kappa shape index (κ1) is 15.0. The Balaban J connectivity index is 1.86. The van der Waals surface area contributed by atoms with Crippen molar-refractivity contribution in [3.63, 3.8) is 0 Å². The maximum absolute atomic E-state index is 12.3. The summed E-state index contributed by atoms with van der Waals surface area (Å²) in [5, 5.41) is 0. The van der Waals surface area contributed by atoms with E-state index in [0.29, 0.717) is 0 Å². The summed E-state index contributed by atoms with van der Waals surface area (Å²) in [7, 11) is 1.46. The molecule has 2 aromatic rings. The van der Waals surface area contributed by atoms with Crippen molar-refractivity contribution in [1.29, 1.82) is 0 Å². The van der Waals surface area contributed by atoms with E-state index in [0.717, 1.165) is 22.0 Å². The zero-order chi connectivity index (χ0) is 15.6. The van der Waals surface area contributed by atoms with E-state index in [9.17, 15) is 4.79 Å². The lowest BCUT2D eigenvalue weighted by molar-refractivity contribution is -0.144. The molecule has 3 heteroatoms. The van der Waals surface area contributed by atoms with Crippen molar-refractivity contribution in [1.82, 2.24) is 0 Å². The molecular weight excluding hydrogens is 340 g/mol. The molecule has 0 radical (unpaired) electrons. The topological polar surface area (TPSA) is 26.3 Å². The van der Waals surface area contributed by atoms with Crippen LogP contribution in [0.3, 0.4) is 0 Å². The van der Waals surface area contributed by atoms with E-state index >= 15 is 0 Å². The number of hydrogen-bond donors (Lipinski definition) is 0. The van der Waals surface area contributed by atoms with Crippen molar-refractivity contribution in [3.05, 3.63) is 76.3 Å². The number of allylic oxidation sites excluding steroid dienone is 1. The van der Waals surface area contributed by atoms with Gasteiger partial charge < -0.3 is 4.74 Å². The quantitative estimate of drug-likeness (QED) is 0.748. The summed E-state index contributed by atoms with van der Waals surface area (Å²) >= 11 is 3.43. The highest BCUT2D eigenvalue weighted by molar-refractivity contribution is 9.10.